The van der Waals surface area contributed by atoms with E-state index in [2.05, 4.69) is 11.0 Å². The predicted octanol–water partition coefficient (Wildman–Crippen LogP) is 2.54. The van der Waals surface area contributed by atoms with Gasteiger partial charge in [-0.05, 0) is 24.8 Å². The van der Waals surface area contributed by atoms with Gasteiger partial charge in [0.15, 0.2) is 0 Å². The first-order chi connectivity index (χ1) is 11.3. The Morgan fingerprint density at radius 1 is 1.22 bits per heavy atom. The summed E-state index contributed by atoms with van der Waals surface area (Å²) in [7, 11) is 0. The maximum atomic E-state index is 12.8. The molecule has 23 heavy (non-hydrogen) atoms. The van der Waals surface area contributed by atoms with E-state index in [0.717, 1.165) is 57.7 Å². The van der Waals surface area contributed by atoms with Crippen LogP contribution in [0.25, 0.3) is 0 Å². The van der Waals surface area contributed by atoms with E-state index in [9.17, 15) is 4.79 Å². The largest absolute Gasteiger partial charge is 0.463 e. The van der Waals surface area contributed by atoms with Crippen molar-refractivity contribution in [3.8, 4) is 0 Å². The summed E-state index contributed by atoms with van der Waals surface area (Å²) in [4.78, 5) is 15.1. The molecule has 1 heterocycles. The fourth-order valence-corrected chi connectivity index (χ4v) is 3.35. The molecular formula is C19H25NO3. The molecule has 0 amide bonds. The van der Waals surface area contributed by atoms with Crippen LogP contribution < -0.4 is 0 Å². The second-order valence-corrected chi connectivity index (χ2v) is 6.22. The molecule has 124 valence electrons. The molecule has 3 rings (SSSR count). The molecule has 0 unspecified atom stereocenters. The van der Waals surface area contributed by atoms with E-state index in [1.165, 1.54) is 0 Å². The highest BCUT2D eigenvalue weighted by molar-refractivity contribution is 5.86. The Bertz CT molecular complexity index is 537. The van der Waals surface area contributed by atoms with E-state index in [1.807, 2.05) is 36.4 Å². The number of esters is 1. The SMILES string of the molecule is O=C(OCCN1CCOCC1)[C@]1(c2ccccc2)C=CCCC1. The van der Waals surface area contributed by atoms with Crippen LogP contribution in [0, 0.1) is 0 Å². The number of rotatable bonds is 5. The Hall–Kier alpha value is -1.65. The monoisotopic (exact) mass is 315 g/mol. The Kier molecular flexibility index (Phi) is 5.47. The zero-order chi connectivity index (χ0) is 16.0. The summed E-state index contributed by atoms with van der Waals surface area (Å²) in [6.45, 7) is 4.60. The quantitative estimate of drug-likeness (QED) is 0.618. The van der Waals surface area contributed by atoms with Crippen molar-refractivity contribution in [1.29, 1.82) is 0 Å². The van der Waals surface area contributed by atoms with Gasteiger partial charge in [-0.3, -0.25) is 9.69 Å². The number of carbonyl (C=O) groups excluding carboxylic acids is 1. The number of hydrogen-bond donors (Lipinski definition) is 0. The van der Waals surface area contributed by atoms with Gasteiger partial charge in [0.1, 0.15) is 12.0 Å². The maximum Gasteiger partial charge on any atom is 0.320 e. The molecule has 0 radical (unpaired) electrons. The van der Waals surface area contributed by atoms with Crippen molar-refractivity contribution >= 4 is 5.97 Å². The number of hydrogen-bond acceptors (Lipinski definition) is 4. The summed E-state index contributed by atoms with van der Waals surface area (Å²) < 4.78 is 11.0. The summed E-state index contributed by atoms with van der Waals surface area (Å²) in [5, 5.41) is 0. The van der Waals surface area contributed by atoms with Crippen LogP contribution in [0.5, 0.6) is 0 Å². The van der Waals surface area contributed by atoms with Crippen molar-refractivity contribution in [3.05, 3.63) is 48.0 Å². The lowest BCUT2D eigenvalue weighted by molar-refractivity contribution is -0.149. The van der Waals surface area contributed by atoms with Gasteiger partial charge in [-0.1, -0.05) is 42.5 Å². The van der Waals surface area contributed by atoms with Gasteiger partial charge >= 0.3 is 5.97 Å². The van der Waals surface area contributed by atoms with Gasteiger partial charge < -0.3 is 9.47 Å². The minimum Gasteiger partial charge on any atom is -0.463 e. The first-order valence-electron chi connectivity index (χ1n) is 8.52. The molecule has 0 aromatic heterocycles. The third-order valence-corrected chi connectivity index (χ3v) is 4.74. The van der Waals surface area contributed by atoms with Crippen molar-refractivity contribution in [2.24, 2.45) is 0 Å². The average molecular weight is 315 g/mol. The van der Waals surface area contributed by atoms with Crippen LogP contribution in [-0.2, 0) is 19.7 Å². The molecule has 0 bridgehead atoms. The van der Waals surface area contributed by atoms with Crippen molar-refractivity contribution in [2.75, 3.05) is 39.5 Å². The molecule has 1 aliphatic heterocycles. The maximum absolute atomic E-state index is 12.8. The average Bonchev–Trinajstić information content (AvgIpc) is 2.64. The number of nitrogens with zero attached hydrogens (tertiary/aromatic N) is 1. The van der Waals surface area contributed by atoms with Gasteiger partial charge in [-0.2, -0.15) is 0 Å². The number of allylic oxidation sites excluding steroid dienone is 1. The Balaban J connectivity index is 1.64. The van der Waals surface area contributed by atoms with E-state index < -0.39 is 5.41 Å². The molecule has 4 heteroatoms. The Labute approximate surface area is 138 Å². The number of carbonyl (C=O) groups is 1. The molecule has 2 aliphatic rings. The summed E-state index contributed by atoms with van der Waals surface area (Å²) in [5.41, 5.74) is 0.428. The van der Waals surface area contributed by atoms with Gasteiger partial charge in [0.2, 0.25) is 0 Å². The van der Waals surface area contributed by atoms with Gasteiger partial charge in [0.25, 0.3) is 0 Å². The highest BCUT2D eigenvalue weighted by Crippen LogP contribution is 2.36. The van der Waals surface area contributed by atoms with Crippen LogP contribution in [0.15, 0.2) is 42.5 Å². The van der Waals surface area contributed by atoms with E-state index in [4.69, 9.17) is 9.47 Å². The van der Waals surface area contributed by atoms with Crippen molar-refractivity contribution in [1.82, 2.24) is 4.90 Å². The smallest absolute Gasteiger partial charge is 0.320 e. The molecule has 1 aromatic carbocycles. The molecular weight excluding hydrogens is 290 g/mol. The normalized spacial score (nSPS) is 25.2. The van der Waals surface area contributed by atoms with E-state index >= 15 is 0 Å². The predicted molar refractivity (Wildman–Crippen MR) is 89.3 cm³/mol. The molecule has 0 N–H and O–H groups in total. The van der Waals surface area contributed by atoms with Crippen LogP contribution in [-0.4, -0.2) is 50.3 Å². The summed E-state index contributed by atoms with van der Waals surface area (Å²) in [6, 6.07) is 10.0. The molecule has 1 aromatic rings. The van der Waals surface area contributed by atoms with Crippen molar-refractivity contribution in [3.63, 3.8) is 0 Å². The summed E-state index contributed by atoms with van der Waals surface area (Å²) >= 11 is 0. The topological polar surface area (TPSA) is 38.8 Å². The van der Waals surface area contributed by atoms with Crippen molar-refractivity contribution < 1.29 is 14.3 Å². The second-order valence-electron chi connectivity index (χ2n) is 6.22. The van der Waals surface area contributed by atoms with Crippen LogP contribution in [0.4, 0.5) is 0 Å². The van der Waals surface area contributed by atoms with E-state index in [-0.39, 0.29) is 5.97 Å². The van der Waals surface area contributed by atoms with E-state index in [1.54, 1.807) is 0 Å². The van der Waals surface area contributed by atoms with Crippen LogP contribution in [0.3, 0.4) is 0 Å². The zero-order valence-electron chi connectivity index (χ0n) is 13.6. The number of morpholine rings is 1. The highest BCUT2D eigenvalue weighted by atomic mass is 16.5. The Morgan fingerprint density at radius 2 is 2.00 bits per heavy atom. The first-order valence-corrected chi connectivity index (χ1v) is 8.52. The van der Waals surface area contributed by atoms with Gasteiger partial charge in [-0.25, -0.2) is 0 Å². The zero-order valence-corrected chi connectivity index (χ0v) is 13.6. The third kappa shape index (κ3) is 3.82. The van der Waals surface area contributed by atoms with Crippen LogP contribution >= 0.6 is 0 Å². The van der Waals surface area contributed by atoms with Crippen molar-refractivity contribution in [2.45, 2.75) is 24.7 Å². The minimum atomic E-state index is -0.607. The molecule has 1 saturated heterocycles. The third-order valence-electron chi connectivity index (χ3n) is 4.74. The second kappa shape index (κ2) is 7.75. The van der Waals surface area contributed by atoms with Crippen LogP contribution in [0.2, 0.25) is 0 Å². The van der Waals surface area contributed by atoms with Crippen LogP contribution in [0.1, 0.15) is 24.8 Å². The standard InChI is InChI=1S/C19H25NO3/c21-18(23-16-13-20-11-14-22-15-12-20)19(9-5-2-6-10-19)17-7-3-1-4-8-17/h1,3-5,7-9H,2,6,10-16H2/t19-/m1/s1. The molecule has 0 spiro atoms. The van der Waals surface area contributed by atoms with Gasteiger partial charge in [-0.15, -0.1) is 0 Å². The van der Waals surface area contributed by atoms with Gasteiger partial charge in [0, 0.05) is 19.6 Å². The fraction of sp³-hybridized carbons (Fsp3) is 0.526. The lowest BCUT2D eigenvalue weighted by Gasteiger charge is -2.32. The Morgan fingerprint density at radius 3 is 2.70 bits per heavy atom. The lowest BCUT2D eigenvalue weighted by Crippen LogP contribution is -2.41. The summed E-state index contributed by atoms with van der Waals surface area (Å²) in [5.74, 6) is -0.118. The molecule has 1 fully saturated rings. The highest BCUT2D eigenvalue weighted by Gasteiger charge is 2.40. The molecule has 1 atom stereocenters. The molecule has 4 nitrogen and oxygen atoms in total. The van der Waals surface area contributed by atoms with E-state index in [0.29, 0.717) is 6.61 Å². The summed E-state index contributed by atoms with van der Waals surface area (Å²) in [6.07, 6.45) is 7.03. The number of benzene rings is 1. The number of ether oxygens (including phenoxy) is 2. The first kappa shape index (κ1) is 16.2. The lowest BCUT2D eigenvalue weighted by atomic mass is 9.73. The fourth-order valence-electron chi connectivity index (χ4n) is 3.35. The van der Waals surface area contributed by atoms with Gasteiger partial charge in [0.05, 0.1) is 13.2 Å². The minimum absolute atomic E-state index is 0.118. The molecule has 1 aliphatic carbocycles. The molecule has 0 saturated carbocycles.